The molecule has 2 heterocycles. The summed E-state index contributed by atoms with van der Waals surface area (Å²) in [6.07, 6.45) is 0.312. The Balaban J connectivity index is 1.41. The molecule has 172 valence electrons. The zero-order chi connectivity index (χ0) is 24.2. The van der Waals surface area contributed by atoms with Crippen LogP contribution in [0.25, 0.3) is 16.6 Å². The molecule has 0 saturated carbocycles. The van der Waals surface area contributed by atoms with Gasteiger partial charge in [0.25, 0.3) is 0 Å². The predicted octanol–water partition coefficient (Wildman–Crippen LogP) is 4.28. The maximum atomic E-state index is 13.1. The molecule has 2 amide bonds. The van der Waals surface area contributed by atoms with Gasteiger partial charge in [0.05, 0.1) is 35.4 Å². The van der Waals surface area contributed by atoms with Crippen LogP contribution in [0.1, 0.15) is 12.1 Å². The largest absolute Gasteiger partial charge is 0.364 e. The Hall–Kier alpha value is -3.70. The second-order valence-electron chi connectivity index (χ2n) is 8.28. The quantitative estimate of drug-likeness (QED) is 0.527. The van der Waals surface area contributed by atoms with Crippen molar-refractivity contribution in [1.29, 1.82) is 5.26 Å². The van der Waals surface area contributed by atoms with E-state index in [-0.39, 0.29) is 24.9 Å². The molecule has 34 heavy (non-hydrogen) atoms. The highest BCUT2D eigenvalue weighted by molar-refractivity contribution is 9.10. The number of aromatic nitrogens is 1. The number of nitriles is 1. The topological polar surface area (TPSA) is 89.3 Å². The first-order valence-corrected chi connectivity index (χ1v) is 11.7. The van der Waals surface area contributed by atoms with Crippen molar-refractivity contribution in [3.63, 3.8) is 0 Å². The number of halogens is 1. The molecule has 1 aliphatic heterocycles. The van der Waals surface area contributed by atoms with Crippen LogP contribution in [0.4, 0.5) is 5.69 Å². The molecule has 4 rings (SSSR count). The molecular formula is C26H24BrN5O2. The van der Waals surface area contributed by atoms with Crippen LogP contribution in [-0.4, -0.2) is 52.8 Å². The molecule has 8 heteroatoms. The Labute approximate surface area is 206 Å². The minimum absolute atomic E-state index is 0.0300. The minimum Gasteiger partial charge on any atom is -0.364 e. The molecule has 0 aliphatic carbocycles. The van der Waals surface area contributed by atoms with Gasteiger partial charge in [-0.25, -0.2) is 4.98 Å². The van der Waals surface area contributed by atoms with Gasteiger partial charge < -0.3 is 15.1 Å². The van der Waals surface area contributed by atoms with Crippen LogP contribution in [0.2, 0.25) is 0 Å². The summed E-state index contributed by atoms with van der Waals surface area (Å²) in [6.45, 7) is 4.35. The first kappa shape index (κ1) is 23.5. The molecule has 2 aromatic carbocycles. The maximum Gasteiger partial charge on any atom is 0.243 e. The average molecular weight is 518 g/mol. The Bertz CT molecular complexity index is 1290. The lowest BCUT2D eigenvalue weighted by Crippen LogP contribution is -2.41. The van der Waals surface area contributed by atoms with Crippen molar-refractivity contribution in [3.05, 3.63) is 77.4 Å². The van der Waals surface area contributed by atoms with Crippen molar-refractivity contribution in [2.45, 2.75) is 12.5 Å². The van der Waals surface area contributed by atoms with Gasteiger partial charge in [0.2, 0.25) is 11.8 Å². The summed E-state index contributed by atoms with van der Waals surface area (Å²) >= 11 is 3.53. The molecule has 1 aromatic heterocycles. The molecule has 1 N–H and O–H groups in total. The summed E-state index contributed by atoms with van der Waals surface area (Å²) < 4.78 is 0.959. The number of benzene rings is 2. The Kier molecular flexibility index (Phi) is 6.94. The van der Waals surface area contributed by atoms with Crippen molar-refractivity contribution < 1.29 is 9.59 Å². The maximum absolute atomic E-state index is 13.1. The number of hydrogen-bond donors (Lipinski definition) is 1. The van der Waals surface area contributed by atoms with Gasteiger partial charge in [-0.05, 0) is 42.8 Å². The number of amides is 2. The number of fused-ring (bicyclic) bond motifs is 1. The van der Waals surface area contributed by atoms with Gasteiger partial charge in [0.1, 0.15) is 6.04 Å². The smallest absolute Gasteiger partial charge is 0.243 e. The number of likely N-dealkylation sites (N-methyl/N-ethyl adjacent to an activating group) is 1. The van der Waals surface area contributed by atoms with Crippen molar-refractivity contribution >= 4 is 50.0 Å². The van der Waals surface area contributed by atoms with E-state index >= 15 is 0 Å². The van der Waals surface area contributed by atoms with Gasteiger partial charge in [-0.15, -0.1) is 0 Å². The van der Waals surface area contributed by atoms with E-state index in [0.29, 0.717) is 23.5 Å². The predicted molar refractivity (Wildman–Crippen MR) is 135 cm³/mol. The third-order valence-corrected chi connectivity index (χ3v) is 6.68. The first-order valence-electron chi connectivity index (χ1n) is 10.9. The van der Waals surface area contributed by atoms with Crippen LogP contribution in [0.5, 0.6) is 0 Å². The highest BCUT2D eigenvalue weighted by atomic mass is 79.9. The molecule has 0 bridgehead atoms. The summed E-state index contributed by atoms with van der Waals surface area (Å²) in [6, 6.07) is 20.3. The van der Waals surface area contributed by atoms with Crippen LogP contribution in [-0.2, 0) is 9.59 Å². The van der Waals surface area contributed by atoms with Crippen molar-refractivity contribution in [1.82, 2.24) is 14.8 Å². The fourth-order valence-corrected chi connectivity index (χ4v) is 4.54. The standard InChI is InChI=1S/C26H24BrN5O2/c1-17(23-12-11-21-22(27)9-6-10-24(21)30-23)31(2)16-25(33)32-15-18(13-20(32)14-28)26(34)29-19-7-4-3-5-8-19/h3-12,18,20H,1,13,15-16H2,2H3,(H,29,34). The molecule has 1 saturated heterocycles. The number of carbonyl (C=O) groups excluding carboxylic acids is 2. The van der Waals surface area contributed by atoms with E-state index in [2.05, 4.69) is 38.9 Å². The van der Waals surface area contributed by atoms with E-state index in [1.54, 1.807) is 24.1 Å². The normalized spacial score (nSPS) is 17.3. The van der Waals surface area contributed by atoms with Crippen molar-refractivity contribution in [2.24, 2.45) is 5.92 Å². The molecule has 0 spiro atoms. The fraction of sp³-hybridized carbons (Fsp3) is 0.231. The van der Waals surface area contributed by atoms with Crippen molar-refractivity contribution in [2.75, 3.05) is 25.5 Å². The van der Waals surface area contributed by atoms with Crippen LogP contribution in [0.15, 0.2) is 71.7 Å². The minimum atomic E-state index is -0.642. The molecule has 3 aromatic rings. The van der Waals surface area contributed by atoms with Gasteiger partial charge in [0, 0.05) is 29.1 Å². The molecule has 2 atom stereocenters. The Morgan fingerprint density at radius 1 is 1.21 bits per heavy atom. The van der Waals surface area contributed by atoms with Gasteiger partial charge in [-0.2, -0.15) is 5.26 Å². The van der Waals surface area contributed by atoms with Crippen LogP contribution >= 0.6 is 15.9 Å². The highest BCUT2D eigenvalue weighted by Crippen LogP contribution is 2.27. The van der Waals surface area contributed by atoms with E-state index in [1.807, 2.05) is 48.5 Å². The van der Waals surface area contributed by atoms with E-state index in [9.17, 15) is 14.9 Å². The first-order chi connectivity index (χ1) is 16.4. The average Bonchev–Trinajstić information content (AvgIpc) is 3.29. The zero-order valence-electron chi connectivity index (χ0n) is 18.7. The lowest BCUT2D eigenvalue weighted by Gasteiger charge is -2.26. The number of rotatable bonds is 6. The lowest BCUT2D eigenvalue weighted by atomic mass is 10.1. The third-order valence-electron chi connectivity index (χ3n) is 5.99. The molecule has 1 aliphatic rings. The summed E-state index contributed by atoms with van der Waals surface area (Å²) in [7, 11) is 1.77. The number of hydrogen-bond acceptors (Lipinski definition) is 5. The van der Waals surface area contributed by atoms with E-state index in [4.69, 9.17) is 0 Å². The second kappa shape index (κ2) is 10.1. The van der Waals surface area contributed by atoms with Gasteiger partial charge >= 0.3 is 0 Å². The molecule has 7 nitrogen and oxygen atoms in total. The lowest BCUT2D eigenvalue weighted by molar-refractivity contribution is -0.131. The van der Waals surface area contributed by atoms with E-state index in [1.165, 1.54) is 4.90 Å². The van der Waals surface area contributed by atoms with Gasteiger partial charge in [-0.3, -0.25) is 9.59 Å². The number of anilines is 1. The Morgan fingerprint density at radius 3 is 2.71 bits per heavy atom. The highest BCUT2D eigenvalue weighted by Gasteiger charge is 2.39. The number of likely N-dealkylation sites (tertiary alicyclic amines) is 1. The van der Waals surface area contributed by atoms with Crippen LogP contribution in [0.3, 0.4) is 0 Å². The molecule has 0 radical (unpaired) electrons. The summed E-state index contributed by atoms with van der Waals surface area (Å²) in [5.41, 5.74) is 2.78. The summed E-state index contributed by atoms with van der Waals surface area (Å²) in [5.74, 6) is -0.859. The monoisotopic (exact) mass is 517 g/mol. The van der Waals surface area contributed by atoms with Gasteiger partial charge in [-0.1, -0.05) is 46.8 Å². The van der Waals surface area contributed by atoms with Crippen LogP contribution in [0, 0.1) is 17.2 Å². The number of nitrogens with one attached hydrogen (secondary N) is 1. The fourth-order valence-electron chi connectivity index (χ4n) is 4.05. The van der Waals surface area contributed by atoms with Crippen LogP contribution < -0.4 is 5.32 Å². The van der Waals surface area contributed by atoms with Gasteiger partial charge in [0.15, 0.2) is 0 Å². The second-order valence-corrected chi connectivity index (χ2v) is 9.14. The molecule has 2 unspecified atom stereocenters. The molecule has 1 fully saturated rings. The zero-order valence-corrected chi connectivity index (χ0v) is 20.3. The van der Waals surface area contributed by atoms with E-state index in [0.717, 1.165) is 15.4 Å². The SMILES string of the molecule is C=C(c1ccc2c(Br)cccc2n1)N(C)CC(=O)N1CC(C(=O)Nc2ccccc2)CC1C#N. The number of nitrogens with zero attached hydrogens (tertiary/aromatic N) is 4. The van der Waals surface area contributed by atoms with E-state index < -0.39 is 12.0 Å². The number of para-hydroxylation sites is 1. The number of carbonyl (C=O) groups is 2. The third kappa shape index (κ3) is 4.95. The summed E-state index contributed by atoms with van der Waals surface area (Å²) in [4.78, 5) is 33.7. The van der Waals surface area contributed by atoms with Crippen molar-refractivity contribution in [3.8, 4) is 6.07 Å². The Morgan fingerprint density at radius 2 is 1.97 bits per heavy atom. The molecular weight excluding hydrogens is 494 g/mol. The number of pyridine rings is 1. The summed E-state index contributed by atoms with van der Waals surface area (Å²) in [5, 5.41) is 13.5.